The van der Waals surface area contributed by atoms with Crippen LogP contribution in [0.5, 0.6) is 0 Å². The third-order valence-electron chi connectivity index (χ3n) is 3.74. The maximum Gasteiger partial charge on any atom is 0.0634 e. The molecule has 0 heterocycles. The summed E-state index contributed by atoms with van der Waals surface area (Å²) in [5.74, 6) is 0.355. The molecular weight excluding hydrogens is 206 g/mol. The Morgan fingerprint density at radius 2 is 2.06 bits per heavy atom. The van der Waals surface area contributed by atoms with Crippen LogP contribution in [0.2, 0.25) is 0 Å². The average molecular weight is 223 g/mol. The fourth-order valence-electron chi connectivity index (χ4n) is 2.66. The summed E-state index contributed by atoms with van der Waals surface area (Å²) in [6.45, 7) is 4.30. The molecule has 1 aliphatic rings. The van der Waals surface area contributed by atoms with Gasteiger partial charge in [-0.25, -0.2) is 0 Å². The fraction of sp³-hybridized carbons (Fsp3) is 0.312. The molecule has 2 rings (SSSR count). The van der Waals surface area contributed by atoms with Crippen molar-refractivity contribution in [2.45, 2.75) is 25.7 Å². The van der Waals surface area contributed by atoms with Crippen LogP contribution in [0, 0.1) is 24.2 Å². The number of hydrogen-bond donors (Lipinski definition) is 0. The molecule has 1 aromatic rings. The zero-order valence-electron chi connectivity index (χ0n) is 10.4. The van der Waals surface area contributed by atoms with Crippen LogP contribution in [0.1, 0.15) is 24.5 Å². The van der Waals surface area contributed by atoms with Crippen LogP contribution in [0.15, 0.2) is 48.6 Å². The van der Waals surface area contributed by atoms with Gasteiger partial charge in [0.05, 0.1) is 6.07 Å². The normalized spacial score (nSPS) is 26.8. The molecule has 1 aromatic carbocycles. The zero-order chi connectivity index (χ0) is 12.3. The molecule has 1 aliphatic carbocycles. The molecule has 2 unspecified atom stereocenters. The third kappa shape index (κ3) is 1.91. The summed E-state index contributed by atoms with van der Waals surface area (Å²) in [5, 5.41) is 9.15. The number of nitrogens with zero attached hydrogens (tertiary/aromatic N) is 1. The van der Waals surface area contributed by atoms with Gasteiger partial charge >= 0.3 is 0 Å². The van der Waals surface area contributed by atoms with Gasteiger partial charge in [-0.15, -0.1) is 0 Å². The summed E-state index contributed by atoms with van der Waals surface area (Å²) in [4.78, 5) is 0. The smallest absolute Gasteiger partial charge is 0.0634 e. The topological polar surface area (TPSA) is 23.8 Å². The van der Waals surface area contributed by atoms with E-state index in [9.17, 15) is 0 Å². The minimum absolute atomic E-state index is 0.158. The molecule has 17 heavy (non-hydrogen) atoms. The van der Waals surface area contributed by atoms with Gasteiger partial charge in [-0.05, 0) is 24.0 Å². The molecule has 0 spiro atoms. The first-order valence-corrected chi connectivity index (χ1v) is 6.00. The van der Waals surface area contributed by atoms with E-state index in [1.165, 1.54) is 11.1 Å². The predicted octanol–water partition coefficient (Wildman–Crippen LogP) is 3.91. The summed E-state index contributed by atoms with van der Waals surface area (Å²) in [5.41, 5.74) is 2.37. The van der Waals surface area contributed by atoms with Crippen molar-refractivity contribution in [1.29, 1.82) is 5.26 Å². The Kier molecular flexibility index (Phi) is 3.15. The maximum absolute atomic E-state index is 9.15. The first-order chi connectivity index (χ1) is 8.20. The molecule has 0 amide bonds. The number of hydrogen-bond acceptors (Lipinski definition) is 1. The van der Waals surface area contributed by atoms with Crippen LogP contribution in [-0.2, 0) is 5.41 Å². The standard InChI is InChI=1S/C16H17N/c1-13-7-3-4-9-15(13)16(11-12-17)10-6-5-8-14(16)2/h3-10,14H,11H2,1-2H3. The molecule has 1 heteroatoms. The highest BCUT2D eigenvalue weighted by atomic mass is 14.4. The van der Waals surface area contributed by atoms with Gasteiger partial charge in [0.2, 0.25) is 0 Å². The van der Waals surface area contributed by atoms with Crippen molar-refractivity contribution in [3.63, 3.8) is 0 Å². The van der Waals surface area contributed by atoms with Crippen molar-refractivity contribution in [2.75, 3.05) is 0 Å². The summed E-state index contributed by atoms with van der Waals surface area (Å²) in [7, 11) is 0. The lowest BCUT2D eigenvalue weighted by Gasteiger charge is -2.36. The lowest BCUT2D eigenvalue weighted by atomic mass is 9.66. The molecule has 0 bridgehead atoms. The van der Waals surface area contributed by atoms with E-state index in [0.29, 0.717) is 12.3 Å². The highest BCUT2D eigenvalue weighted by Crippen LogP contribution is 2.41. The fourth-order valence-corrected chi connectivity index (χ4v) is 2.66. The van der Waals surface area contributed by atoms with Gasteiger partial charge in [-0.2, -0.15) is 5.26 Å². The van der Waals surface area contributed by atoms with Crippen molar-refractivity contribution in [3.8, 4) is 6.07 Å². The minimum Gasteiger partial charge on any atom is -0.198 e. The van der Waals surface area contributed by atoms with Gasteiger partial charge in [-0.3, -0.25) is 0 Å². The average Bonchev–Trinajstić information content (AvgIpc) is 2.33. The van der Waals surface area contributed by atoms with Crippen molar-refractivity contribution in [3.05, 3.63) is 59.7 Å². The van der Waals surface area contributed by atoms with Gasteiger partial charge in [0.25, 0.3) is 0 Å². The summed E-state index contributed by atoms with van der Waals surface area (Å²) >= 11 is 0. The second-order valence-corrected chi connectivity index (χ2v) is 4.72. The maximum atomic E-state index is 9.15. The van der Waals surface area contributed by atoms with Gasteiger partial charge in [0.15, 0.2) is 0 Å². The first-order valence-electron chi connectivity index (χ1n) is 6.00. The van der Waals surface area contributed by atoms with E-state index in [1.807, 2.05) is 6.07 Å². The van der Waals surface area contributed by atoms with E-state index in [0.717, 1.165) is 0 Å². The number of aryl methyl sites for hydroxylation is 1. The van der Waals surface area contributed by atoms with Gasteiger partial charge in [0.1, 0.15) is 0 Å². The third-order valence-corrected chi connectivity index (χ3v) is 3.74. The SMILES string of the molecule is Cc1ccccc1C1(CC#N)C=CC=CC1C. The Balaban J connectivity index is 2.57. The van der Waals surface area contributed by atoms with E-state index >= 15 is 0 Å². The lowest BCUT2D eigenvalue weighted by molar-refractivity contribution is 0.423. The first kappa shape index (κ1) is 11.7. The molecule has 2 atom stereocenters. The van der Waals surface area contributed by atoms with Crippen LogP contribution in [0.4, 0.5) is 0 Å². The molecular formula is C16H17N. The molecule has 0 saturated heterocycles. The van der Waals surface area contributed by atoms with Crippen molar-refractivity contribution in [2.24, 2.45) is 5.92 Å². The highest BCUT2D eigenvalue weighted by molar-refractivity contribution is 5.42. The van der Waals surface area contributed by atoms with Crippen LogP contribution in [-0.4, -0.2) is 0 Å². The Morgan fingerprint density at radius 1 is 1.29 bits per heavy atom. The van der Waals surface area contributed by atoms with Crippen molar-refractivity contribution >= 4 is 0 Å². The van der Waals surface area contributed by atoms with E-state index in [-0.39, 0.29) is 5.41 Å². The highest BCUT2D eigenvalue weighted by Gasteiger charge is 2.36. The molecule has 86 valence electrons. The Bertz CT molecular complexity index is 505. The van der Waals surface area contributed by atoms with E-state index in [1.54, 1.807) is 0 Å². The van der Waals surface area contributed by atoms with Crippen LogP contribution < -0.4 is 0 Å². The summed E-state index contributed by atoms with van der Waals surface area (Å²) < 4.78 is 0. The number of rotatable bonds is 2. The summed E-state index contributed by atoms with van der Waals surface area (Å²) in [6.07, 6.45) is 9.02. The molecule has 0 aliphatic heterocycles. The van der Waals surface area contributed by atoms with Gasteiger partial charge in [0, 0.05) is 11.8 Å². The number of allylic oxidation sites excluding steroid dienone is 4. The van der Waals surface area contributed by atoms with Crippen LogP contribution in [0.25, 0.3) is 0 Å². The minimum atomic E-state index is -0.158. The van der Waals surface area contributed by atoms with E-state index in [4.69, 9.17) is 5.26 Å². The largest absolute Gasteiger partial charge is 0.198 e. The van der Waals surface area contributed by atoms with Gasteiger partial charge in [-0.1, -0.05) is 55.5 Å². The second-order valence-electron chi connectivity index (χ2n) is 4.72. The van der Waals surface area contributed by atoms with Crippen LogP contribution >= 0.6 is 0 Å². The van der Waals surface area contributed by atoms with Crippen LogP contribution in [0.3, 0.4) is 0 Å². The molecule has 0 aromatic heterocycles. The lowest BCUT2D eigenvalue weighted by Crippen LogP contribution is -2.32. The molecule has 0 saturated carbocycles. The van der Waals surface area contributed by atoms with Gasteiger partial charge < -0.3 is 0 Å². The summed E-state index contributed by atoms with van der Waals surface area (Å²) in [6, 6.07) is 10.7. The van der Waals surface area contributed by atoms with E-state index in [2.05, 4.69) is 62.4 Å². The van der Waals surface area contributed by atoms with Crippen molar-refractivity contribution < 1.29 is 0 Å². The number of nitriles is 1. The Morgan fingerprint density at radius 3 is 2.71 bits per heavy atom. The molecule has 0 fully saturated rings. The molecule has 0 radical (unpaired) electrons. The van der Waals surface area contributed by atoms with Crippen molar-refractivity contribution in [1.82, 2.24) is 0 Å². The predicted molar refractivity (Wildman–Crippen MR) is 70.5 cm³/mol. The molecule has 0 N–H and O–H groups in total. The Labute approximate surface area is 103 Å². The zero-order valence-corrected chi connectivity index (χ0v) is 10.4. The second kappa shape index (κ2) is 4.59. The monoisotopic (exact) mass is 223 g/mol. The number of benzene rings is 1. The quantitative estimate of drug-likeness (QED) is 0.745. The Hall–Kier alpha value is -1.81. The molecule has 1 nitrogen and oxygen atoms in total. The van der Waals surface area contributed by atoms with E-state index < -0.39 is 0 Å².